The van der Waals surface area contributed by atoms with E-state index in [0.717, 1.165) is 102 Å². The summed E-state index contributed by atoms with van der Waals surface area (Å²) in [5.74, 6) is -1.35. The van der Waals surface area contributed by atoms with Gasteiger partial charge in [-0.05, 0) is 31.6 Å². The van der Waals surface area contributed by atoms with Gasteiger partial charge >= 0.3 is 39.5 Å². The highest BCUT2D eigenvalue weighted by Gasteiger charge is 2.30. The molecule has 0 rings (SSSR count). The van der Waals surface area contributed by atoms with Gasteiger partial charge in [-0.15, -0.1) is 0 Å². The topological polar surface area (TPSA) is 237 Å². The molecule has 0 aromatic heterocycles. The van der Waals surface area contributed by atoms with Crippen molar-refractivity contribution in [1.82, 2.24) is 0 Å². The Balaban J connectivity index is 5.18. The summed E-state index contributed by atoms with van der Waals surface area (Å²) in [5.41, 5.74) is 0. The number of ether oxygens (including phenoxy) is 4. The van der Waals surface area contributed by atoms with Crippen LogP contribution in [0.2, 0.25) is 0 Å². The van der Waals surface area contributed by atoms with E-state index in [9.17, 15) is 43.2 Å². The van der Waals surface area contributed by atoms with Crippen LogP contribution in [0.5, 0.6) is 0 Å². The summed E-state index contributed by atoms with van der Waals surface area (Å²) in [6.07, 6.45) is 62.6. The first-order valence-corrected chi connectivity index (χ1v) is 44.1. The third-order valence-electron chi connectivity index (χ3n) is 18.5. The minimum absolute atomic E-state index is 0.107. The molecule has 0 saturated heterocycles. The number of phosphoric ester groups is 2. The standard InChI is InChI=1S/C79H154O17P2/c1-6-9-12-15-18-21-23-25-27-28-29-30-31-32-34-36-40-44-49-54-59-64-78(83)96-75(69-90-77(82)63-58-53-48-43-39-35-33-26-24-22-19-16-13-10-7-2)71-94-98(87,88)92-67-73(80)66-91-97(85,86)93-70-74(68-89-76(81)62-57-52-47-20-17-14-11-8-3)95-79(84)65-60-55-50-45-41-37-38-42-46-51-56-61-72(4)5/h72-75,80H,6-71H2,1-5H3,(H,85,86)(H,87,88)/t73-,74+,75+/m0/s1. The van der Waals surface area contributed by atoms with Crippen LogP contribution in [-0.2, 0) is 65.4 Å². The molecule has 3 N–H and O–H groups in total. The maximum atomic E-state index is 13.1. The van der Waals surface area contributed by atoms with Gasteiger partial charge in [-0.3, -0.25) is 37.3 Å². The van der Waals surface area contributed by atoms with Crippen LogP contribution in [0.3, 0.4) is 0 Å². The Morgan fingerprint density at radius 1 is 0.276 bits per heavy atom. The maximum Gasteiger partial charge on any atom is 0.472 e. The monoisotopic (exact) mass is 1440 g/mol. The number of esters is 4. The van der Waals surface area contributed by atoms with Crippen molar-refractivity contribution in [2.24, 2.45) is 5.92 Å². The van der Waals surface area contributed by atoms with Gasteiger partial charge in [-0.25, -0.2) is 9.13 Å². The van der Waals surface area contributed by atoms with Gasteiger partial charge in [0.05, 0.1) is 26.4 Å². The second kappa shape index (κ2) is 72.0. The summed E-state index contributed by atoms with van der Waals surface area (Å²) in [6.45, 7) is 7.29. The zero-order chi connectivity index (χ0) is 71.9. The van der Waals surface area contributed by atoms with Crippen molar-refractivity contribution in [2.45, 2.75) is 438 Å². The molecule has 19 heteroatoms. The molecule has 0 bridgehead atoms. The van der Waals surface area contributed by atoms with Crippen LogP contribution in [0, 0.1) is 5.92 Å². The number of unbranched alkanes of at least 4 members (excludes halogenated alkanes) is 51. The molecule has 0 heterocycles. The van der Waals surface area contributed by atoms with E-state index in [1.54, 1.807) is 0 Å². The summed E-state index contributed by atoms with van der Waals surface area (Å²) in [6, 6.07) is 0. The van der Waals surface area contributed by atoms with Crippen LogP contribution >= 0.6 is 15.6 Å². The Morgan fingerprint density at radius 2 is 0.469 bits per heavy atom. The molecule has 582 valence electrons. The Labute approximate surface area is 600 Å². The highest BCUT2D eigenvalue weighted by atomic mass is 31.2. The molecular formula is C79H154O17P2. The zero-order valence-corrected chi connectivity index (χ0v) is 65.7. The lowest BCUT2D eigenvalue weighted by molar-refractivity contribution is -0.161. The lowest BCUT2D eigenvalue weighted by Gasteiger charge is -2.21. The minimum atomic E-state index is -4.96. The van der Waals surface area contributed by atoms with Crippen molar-refractivity contribution in [1.29, 1.82) is 0 Å². The smallest absolute Gasteiger partial charge is 0.462 e. The molecule has 0 aliphatic heterocycles. The second-order valence-electron chi connectivity index (χ2n) is 28.9. The summed E-state index contributed by atoms with van der Waals surface area (Å²) in [7, 11) is -9.91. The normalized spacial score (nSPS) is 13.9. The number of hydrogen-bond acceptors (Lipinski definition) is 15. The van der Waals surface area contributed by atoms with E-state index < -0.39 is 97.5 Å². The van der Waals surface area contributed by atoms with Gasteiger partial charge in [0, 0.05) is 25.7 Å². The van der Waals surface area contributed by atoms with E-state index in [1.807, 2.05) is 0 Å². The maximum absolute atomic E-state index is 13.1. The van der Waals surface area contributed by atoms with Crippen molar-refractivity contribution in [3.63, 3.8) is 0 Å². The number of hydrogen-bond donors (Lipinski definition) is 3. The predicted octanol–water partition coefficient (Wildman–Crippen LogP) is 23.6. The largest absolute Gasteiger partial charge is 0.472 e. The molecule has 0 aliphatic carbocycles. The first-order valence-electron chi connectivity index (χ1n) is 41.1. The molecule has 0 saturated carbocycles. The van der Waals surface area contributed by atoms with E-state index >= 15 is 0 Å². The number of aliphatic hydroxyl groups excluding tert-OH is 1. The first-order chi connectivity index (χ1) is 47.5. The fourth-order valence-electron chi connectivity index (χ4n) is 12.2. The van der Waals surface area contributed by atoms with Crippen molar-refractivity contribution < 1.29 is 80.2 Å². The third kappa shape index (κ3) is 72.4. The van der Waals surface area contributed by atoms with Crippen molar-refractivity contribution in [3.8, 4) is 0 Å². The molecule has 0 amide bonds. The molecule has 2 unspecified atom stereocenters. The highest BCUT2D eigenvalue weighted by molar-refractivity contribution is 7.47. The lowest BCUT2D eigenvalue weighted by Crippen LogP contribution is -2.30. The molecule has 0 aromatic carbocycles. The quantitative estimate of drug-likeness (QED) is 0.0222. The molecule has 17 nitrogen and oxygen atoms in total. The fraction of sp³-hybridized carbons (Fsp3) is 0.949. The van der Waals surface area contributed by atoms with Gasteiger partial charge in [-0.2, -0.15) is 0 Å². The van der Waals surface area contributed by atoms with Gasteiger partial charge in [0.2, 0.25) is 0 Å². The number of carbonyl (C=O) groups excluding carboxylic acids is 4. The summed E-state index contributed by atoms with van der Waals surface area (Å²) in [5, 5.41) is 10.6. The first kappa shape index (κ1) is 96.1. The average molecular weight is 1440 g/mol. The number of rotatable bonds is 79. The van der Waals surface area contributed by atoms with Crippen molar-refractivity contribution >= 4 is 39.5 Å². The molecule has 0 radical (unpaired) electrons. The molecule has 98 heavy (non-hydrogen) atoms. The van der Waals surface area contributed by atoms with Crippen LogP contribution < -0.4 is 0 Å². The number of aliphatic hydroxyl groups is 1. The van der Waals surface area contributed by atoms with Gasteiger partial charge in [0.15, 0.2) is 12.2 Å². The van der Waals surface area contributed by atoms with Gasteiger partial charge < -0.3 is 33.8 Å². The molecule has 0 fully saturated rings. The molecular weight excluding hydrogens is 1280 g/mol. The van der Waals surface area contributed by atoms with E-state index in [1.165, 1.54) is 238 Å². The Bertz CT molecular complexity index is 1870. The SMILES string of the molecule is CCCCCCCCCCCCCCCCCCCCCCCC(=O)O[C@H](COC(=O)CCCCCCCCCCCCCCCCC)COP(=O)(O)OC[C@@H](O)COP(=O)(O)OC[C@@H](COC(=O)CCCCCCCCCC)OC(=O)CCCCCCCCCCCCCC(C)C. The molecule has 5 atom stereocenters. The lowest BCUT2D eigenvalue weighted by atomic mass is 10.0. The van der Waals surface area contributed by atoms with Crippen LogP contribution in [0.25, 0.3) is 0 Å². The Kier molecular flexibility index (Phi) is 70.6. The fourth-order valence-corrected chi connectivity index (χ4v) is 13.8. The second-order valence-corrected chi connectivity index (χ2v) is 31.8. The summed E-state index contributed by atoms with van der Waals surface area (Å²) < 4.78 is 68.6. The van der Waals surface area contributed by atoms with Crippen molar-refractivity contribution in [2.75, 3.05) is 39.6 Å². The average Bonchev–Trinajstić information content (AvgIpc) is 1.03. The zero-order valence-electron chi connectivity index (χ0n) is 63.9. The Hall–Kier alpha value is -1.94. The van der Waals surface area contributed by atoms with Gasteiger partial charge in [0.1, 0.15) is 19.3 Å². The van der Waals surface area contributed by atoms with Gasteiger partial charge in [0.25, 0.3) is 0 Å². The Morgan fingerprint density at radius 3 is 0.694 bits per heavy atom. The summed E-state index contributed by atoms with van der Waals surface area (Å²) in [4.78, 5) is 72.8. The van der Waals surface area contributed by atoms with E-state index in [2.05, 4.69) is 34.6 Å². The van der Waals surface area contributed by atoms with E-state index in [4.69, 9.17) is 37.0 Å². The third-order valence-corrected chi connectivity index (χ3v) is 20.4. The van der Waals surface area contributed by atoms with Crippen LogP contribution in [0.1, 0.15) is 420 Å². The summed E-state index contributed by atoms with van der Waals surface area (Å²) >= 11 is 0. The van der Waals surface area contributed by atoms with E-state index in [-0.39, 0.29) is 25.7 Å². The van der Waals surface area contributed by atoms with Gasteiger partial charge in [-0.1, -0.05) is 369 Å². The highest BCUT2D eigenvalue weighted by Crippen LogP contribution is 2.45. The number of carbonyl (C=O) groups is 4. The minimum Gasteiger partial charge on any atom is -0.462 e. The van der Waals surface area contributed by atoms with Crippen LogP contribution in [0.15, 0.2) is 0 Å². The van der Waals surface area contributed by atoms with Crippen LogP contribution in [-0.4, -0.2) is 96.7 Å². The molecule has 0 aromatic rings. The van der Waals surface area contributed by atoms with Crippen LogP contribution in [0.4, 0.5) is 0 Å². The predicted molar refractivity (Wildman–Crippen MR) is 400 cm³/mol. The molecule has 0 spiro atoms. The van der Waals surface area contributed by atoms with E-state index in [0.29, 0.717) is 25.7 Å². The molecule has 0 aliphatic rings. The number of phosphoric acid groups is 2. The van der Waals surface area contributed by atoms with Crippen molar-refractivity contribution in [3.05, 3.63) is 0 Å².